The van der Waals surface area contributed by atoms with E-state index in [2.05, 4.69) is 23.7 Å². The van der Waals surface area contributed by atoms with E-state index in [1.807, 2.05) is 24.3 Å². The molecule has 0 saturated heterocycles. The Morgan fingerprint density at radius 2 is 2.00 bits per heavy atom. The van der Waals surface area contributed by atoms with Crippen molar-refractivity contribution in [1.29, 1.82) is 0 Å². The smallest absolute Gasteiger partial charge is 0.311 e. The first-order chi connectivity index (χ1) is 9.51. The van der Waals surface area contributed by atoms with Crippen LogP contribution < -0.4 is 0 Å². The number of hydrogen-bond donors (Lipinski definition) is 1. The summed E-state index contributed by atoms with van der Waals surface area (Å²) in [5.41, 5.74) is 2.44. The lowest BCUT2D eigenvalue weighted by atomic mass is 10.0. The summed E-state index contributed by atoms with van der Waals surface area (Å²) in [6.07, 6.45) is 0.0428. The fourth-order valence-corrected chi connectivity index (χ4v) is 1.92. The summed E-state index contributed by atoms with van der Waals surface area (Å²) in [6, 6.07) is 9.25. The molecule has 1 aromatic carbocycles. The molecule has 1 heterocycles. The molecule has 20 heavy (non-hydrogen) atoms. The van der Waals surface area contributed by atoms with Crippen LogP contribution in [0.1, 0.15) is 31.0 Å². The molecule has 0 aliphatic heterocycles. The highest BCUT2D eigenvalue weighted by Crippen LogP contribution is 2.21. The molecular weight excluding hydrogens is 256 g/mol. The van der Waals surface area contributed by atoms with Gasteiger partial charge < -0.3 is 9.84 Å². The molecule has 5 heteroatoms. The second kappa shape index (κ2) is 5.77. The van der Waals surface area contributed by atoms with Crippen LogP contribution in [0.4, 0.5) is 0 Å². The molecule has 2 aromatic rings. The van der Waals surface area contributed by atoms with Crippen LogP contribution in [0.3, 0.4) is 0 Å². The Labute approximate surface area is 117 Å². The van der Waals surface area contributed by atoms with Crippen molar-refractivity contribution in [1.82, 2.24) is 9.78 Å². The zero-order valence-electron chi connectivity index (χ0n) is 11.8. The Hall–Kier alpha value is -2.30. The molecule has 0 atom stereocenters. The van der Waals surface area contributed by atoms with Gasteiger partial charge in [-0.2, -0.15) is 5.10 Å². The van der Waals surface area contributed by atoms with E-state index in [4.69, 9.17) is 0 Å². The molecule has 0 fully saturated rings. The molecule has 0 aliphatic rings. The van der Waals surface area contributed by atoms with Crippen molar-refractivity contribution in [2.24, 2.45) is 0 Å². The lowest BCUT2D eigenvalue weighted by Crippen LogP contribution is -2.05. The standard InChI is InChI=1S/C15H18N2O3/c1-10(2)11-4-6-13(7-5-11)17-14(18)8-12(16-17)9-15(19)20-3/h4-8,10,18H,9H2,1-3H3. The van der Waals surface area contributed by atoms with Crippen molar-refractivity contribution in [3.8, 4) is 11.6 Å². The number of methoxy groups -OCH3 is 1. The monoisotopic (exact) mass is 274 g/mol. The Balaban J connectivity index is 2.26. The summed E-state index contributed by atoms with van der Waals surface area (Å²) in [5, 5.41) is 14.1. The normalized spacial score (nSPS) is 10.8. The highest BCUT2D eigenvalue weighted by atomic mass is 16.5. The van der Waals surface area contributed by atoms with Gasteiger partial charge in [-0.1, -0.05) is 26.0 Å². The Morgan fingerprint density at radius 3 is 2.55 bits per heavy atom. The van der Waals surface area contributed by atoms with Crippen LogP contribution in [-0.2, 0) is 16.0 Å². The van der Waals surface area contributed by atoms with Gasteiger partial charge in [-0.05, 0) is 23.6 Å². The summed E-state index contributed by atoms with van der Waals surface area (Å²) in [5.74, 6) is 0.0659. The number of rotatable bonds is 4. The first-order valence-electron chi connectivity index (χ1n) is 6.46. The van der Waals surface area contributed by atoms with Crippen LogP contribution >= 0.6 is 0 Å². The van der Waals surface area contributed by atoms with E-state index >= 15 is 0 Å². The summed E-state index contributed by atoms with van der Waals surface area (Å²) >= 11 is 0. The van der Waals surface area contributed by atoms with Crippen LogP contribution in [-0.4, -0.2) is 28.0 Å². The molecule has 5 nitrogen and oxygen atoms in total. The van der Waals surface area contributed by atoms with E-state index in [1.165, 1.54) is 23.4 Å². The third-order valence-electron chi connectivity index (χ3n) is 3.10. The number of benzene rings is 1. The topological polar surface area (TPSA) is 64.3 Å². The minimum atomic E-state index is -0.384. The lowest BCUT2D eigenvalue weighted by Gasteiger charge is -2.07. The van der Waals surface area contributed by atoms with Gasteiger partial charge in [0.25, 0.3) is 0 Å². The van der Waals surface area contributed by atoms with Crippen LogP contribution in [0.15, 0.2) is 30.3 Å². The number of esters is 1. The summed E-state index contributed by atoms with van der Waals surface area (Å²) in [4.78, 5) is 11.2. The van der Waals surface area contributed by atoms with Crippen molar-refractivity contribution in [3.63, 3.8) is 0 Å². The molecule has 2 rings (SSSR count). The number of carbonyl (C=O) groups is 1. The Morgan fingerprint density at radius 1 is 1.35 bits per heavy atom. The number of hydrogen-bond acceptors (Lipinski definition) is 4. The van der Waals surface area contributed by atoms with Gasteiger partial charge in [-0.3, -0.25) is 4.79 Å². The maximum absolute atomic E-state index is 11.2. The molecular formula is C15H18N2O3. The molecule has 106 valence electrons. The van der Waals surface area contributed by atoms with Crippen molar-refractivity contribution in [2.45, 2.75) is 26.2 Å². The van der Waals surface area contributed by atoms with E-state index in [0.717, 1.165) is 5.69 Å². The molecule has 1 aromatic heterocycles. The third-order valence-corrected chi connectivity index (χ3v) is 3.10. The predicted octanol–water partition coefficient (Wildman–Crippen LogP) is 2.42. The molecule has 0 spiro atoms. The van der Waals surface area contributed by atoms with E-state index < -0.39 is 0 Å². The van der Waals surface area contributed by atoms with Crippen molar-refractivity contribution < 1.29 is 14.6 Å². The second-order valence-corrected chi connectivity index (χ2v) is 4.90. The number of ether oxygens (including phenoxy) is 1. The van der Waals surface area contributed by atoms with Gasteiger partial charge in [0.2, 0.25) is 5.88 Å². The molecule has 0 radical (unpaired) electrons. The summed E-state index contributed by atoms with van der Waals surface area (Å²) in [7, 11) is 1.32. The zero-order valence-corrected chi connectivity index (χ0v) is 11.8. The molecule has 0 amide bonds. The minimum Gasteiger partial charge on any atom is -0.493 e. The Kier molecular flexibility index (Phi) is 4.08. The molecule has 1 N–H and O–H groups in total. The maximum Gasteiger partial charge on any atom is 0.311 e. The average Bonchev–Trinajstić information content (AvgIpc) is 2.79. The quantitative estimate of drug-likeness (QED) is 0.870. The predicted molar refractivity (Wildman–Crippen MR) is 75.0 cm³/mol. The van der Waals surface area contributed by atoms with Gasteiger partial charge in [0.1, 0.15) is 0 Å². The molecule has 0 unspecified atom stereocenters. The van der Waals surface area contributed by atoms with Gasteiger partial charge in [0, 0.05) is 6.07 Å². The van der Waals surface area contributed by atoms with Crippen LogP contribution in [0, 0.1) is 0 Å². The molecule has 0 bridgehead atoms. The fourth-order valence-electron chi connectivity index (χ4n) is 1.92. The first-order valence-corrected chi connectivity index (χ1v) is 6.46. The number of aromatic hydroxyl groups is 1. The maximum atomic E-state index is 11.2. The van der Waals surface area contributed by atoms with Gasteiger partial charge in [0.15, 0.2) is 0 Å². The van der Waals surface area contributed by atoms with E-state index in [-0.39, 0.29) is 18.3 Å². The number of carbonyl (C=O) groups excluding carboxylic acids is 1. The van der Waals surface area contributed by atoms with Crippen LogP contribution in [0.5, 0.6) is 5.88 Å². The first kappa shape index (κ1) is 14.1. The van der Waals surface area contributed by atoms with Crippen molar-refractivity contribution >= 4 is 5.97 Å². The largest absolute Gasteiger partial charge is 0.493 e. The van der Waals surface area contributed by atoms with Crippen molar-refractivity contribution in [2.75, 3.05) is 7.11 Å². The second-order valence-electron chi connectivity index (χ2n) is 4.90. The SMILES string of the molecule is COC(=O)Cc1cc(O)n(-c2ccc(C(C)C)cc2)n1. The average molecular weight is 274 g/mol. The highest BCUT2D eigenvalue weighted by molar-refractivity contribution is 5.71. The van der Waals surface area contributed by atoms with Crippen molar-refractivity contribution in [3.05, 3.63) is 41.6 Å². The molecule has 0 aliphatic carbocycles. The van der Waals surface area contributed by atoms with E-state index in [0.29, 0.717) is 11.6 Å². The van der Waals surface area contributed by atoms with Gasteiger partial charge in [-0.25, -0.2) is 4.68 Å². The Bertz CT molecular complexity index is 600. The lowest BCUT2D eigenvalue weighted by molar-refractivity contribution is -0.139. The summed E-state index contributed by atoms with van der Waals surface area (Å²) in [6.45, 7) is 4.24. The number of aromatic nitrogens is 2. The molecule has 0 saturated carbocycles. The van der Waals surface area contributed by atoms with Gasteiger partial charge >= 0.3 is 5.97 Å². The minimum absolute atomic E-state index is 0.00111. The highest BCUT2D eigenvalue weighted by Gasteiger charge is 2.12. The fraction of sp³-hybridized carbons (Fsp3) is 0.333. The number of nitrogens with zero attached hydrogens (tertiary/aromatic N) is 2. The van der Waals surface area contributed by atoms with E-state index in [9.17, 15) is 9.90 Å². The third kappa shape index (κ3) is 2.99. The van der Waals surface area contributed by atoms with E-state index in [1.54, 1.807) is 0 Å². The zero-order chi connectivity index (χ0) is 14.7. The van der Waals surface area contributed by atoms with Crippen LogP contribution in [0.25, 0.3) is 5.69 Å². The summed E-state index contributed by atoms with van der Waals surface area (Å²) < 4.78 is 5.99. The van der Waals surface area contributed by atoms with Gasteiger partial charge in [-0.15, -0.1) is 0 Å². The van der Waals surface area contributed by atoms with Gasteiger partial charge in [0.05, 0.1) is 24.9 Å². The van der Waals surface area contributed by atoms with Crippen LogP contribution in [0.2, 0.25) is 0 Å².